The molecule has 284 valence electrons. The third-order valence-electron chi connectivity index (χ3n) is 7.90. The van der Waals surface area contributed by atoms with Gasteiger partial charge in [0.1, 0.15) is 18.2 Å². The van der Waals surface area contributed by atoms with Gasteiger partial charge in [0.05, 0.1) is 32.2 Å². The zero-order chi connectivity index (χ0) is 38.5. The number of carbonyl (C=O) groups is 2. The van der Waals surface area contributed by atoms with Crippen LogP contribution in [-0.4, -0.2) is 81.5 Å². The number of esters is 1. The molecule has 0 radical (unpaired) electrons. The number of rotatable bonds is 17. The van der Waals surface area contributed by atoms with Crippen LogP contribution >= 0.6 is 0 Å². The van der Waals surface area contributed by atoms with Crippen molar-refractivity contribution in [2.45, 2.75) is 59.8 Å². The molecule has 0 unspecified atom stereocenters. The lowest BCUT2D eigenvalue weighted by Gasteiger charge is -2.19. The average Bonchev–Trinajstić information content (AvgIpc) is 3.57. The number of aliphatic hydroxyl groups is 1. The summed E-state index contributed by atoms with van der Waals surface area (Å²) in [5.41, 5.74) is 0.968. The molecule has 0 aliphatic rings. The van der Waals surface area contributed by atoms with E-state index < -0.39 is 30.6 Å². The van der Waals surface area contributed by atoms with Gasteiger partial charge in [-0.25, -0.2) is 19.2 Å². The minimum Gasteiger partial charge on any atom is -0.497 e. The summed E-state index contributed by atoms with van der Waals surface area (Å²) >= 11 is 0. The fourth-order valence-corrected chi connectivity index (χ4v) is 5.07. The van der Waals surface area contributed by atoms with Crippen LogP contribution in [0.4, 0.5) is 9.18 Å². The Bertz CT molecular complexity index is 1830. The standard InChI is InChI=1S/C37H46FN7O8/c1-7-24(8-2)33(47)52-22-53-35-43-32(44-45(35)34-40-14-9-15-41-34)28(27-19-26(49-6)20-29(30(27)38)50-17-16-46)18-23-10-12-25(13-11-23)31(39)42-36(48)51-21-37(3,4)5/h9-15,19-20,24,28,46H,7-8,16-18,21-22H2,1-6H3,(H2,39,42,48)/t28-/m1/s1. The van der Waals surface area contributed by atoms with Crippen molar-refractivity contribution in [3.05, 3.63) is 83.2 Å². The van der Waals surface area contributed by atoms with E-state index in [2.05, 4.69) is 25.4 Å². The fourth-order valence-electron chi connectivity index (χ4n) is 5.07. The largest absolute Gasteiger partial charge is 0.497 e. The predicted octanol–water partition coefficient (Wildman–Crippen LogP) is 5.36. The van der Waals surface area contributed by atoms with Gasteiger partial charge in [-0.2, -0.15) is 4.98 Å². The summed E-state index contributed by atoms with van der Waals surface area (Å²) in [5, 5.41) is 24.8. The number of amides is 1. The number of carbonyl (C=O) groups excluding carboxylic acids is 2. The highest BCUT2D eigenvalue weighted by Crippen LogP contribution is 2.37. The van der Waals surface area contributed by atoms with Gasteiger partial charge in [-0.1, -0.05) is 58.9 Å². The highest BCUT2D eigenvalue weighted by Gasteiger charge is 2.29. The zero-order valence-electron chi connectivity index (χ0n) is 30.7. The highest BCUT2D eigenvalue weighted by molar-refractivity contribution is 6.04. The van der Waals surface area contributed by atoms with E-state index in [4.69, 9.17) is 29.1 Å². The monoisotopic (exact) mass is 735 g/mol. The van der Waals surface area contributed by atoms with E-state index in [-0.39, 0.29) is 78.3 Å². The Balaban J connectivity index is 1.72. The molecule has 1 atom stereocenters. The first-order valence-electron chi connectivity index (χ1n) is 17.1. The molecule has 2 aromatic heterocycles. The van der Waals surface area contributed by atoms with Gasteiger partial charge in [0, 0.05) is 29.6 Å². The number of alkyl carbamates (subject to hydrolysis) is 1. The Morgan fingerprint density at radius 2 is 1.74 bits per heavy atom. The molecule has 2 aromatic carbocycles. The van der Waals surface area contributed by atoms with E-state index in [9.17, 15) is 14.7 Å². The van der Waals surface area contributed by atoms with Crippen LogP contribution in [-0.2, 0) is 20.7 Å². The van der Waals surface area contributed by atoms with Crippen molar-refractivity contribution in [3.63, 3.8) is 0 Å². The molecule has 0 saturated heterocycles. The molecule has 0 saturated carbocycles. The SMILES string of the molecule is CCC(CC)C(=O)OCOc1nc([C@H](Cc2ccc(C(=N)NC(=O)OCC(C)(C)C)cc2)c2cc(OC)cc(OCCO)c2F)nn1-c1ncccn1. The van der Waals surface area contributed by atoms with Gasteiger partial charge in [0.15, 0.2) is 17.4 Å². The van der Waals surface area contributed by atoms with Crippen LogP contribution in [0.3, 0.4) is 0 Å². The molecule has 15 nitrogen and oxygen atoms in total. The number of ether oxygens (including phenoxy) is 5. The number of halogens is 1. The van der Waals surface area contributed by atoms with Crippen molar-refractivity contribution >= 4 is 17.9 Å². The molecular weight excluding hydrogens is 689 g/mol. The molecular formula is C37H46FN7O8. The molecule has 3 N–H and O–H groups in total. The van der Waals surface area contributed by atoms with Gasteiger partial charge in [-0.05, 0) is 42.4 Å². The molecule has 1 amide bonds. The van der Waals surface area contributed by atoms with Crippen LogP contribution in [0.15, 0.2) is 54.9 Å². The molecule has 0 bridgehead atoms. The Labute approximate surface area is 307 Å². The minimum absolute atomic E-state index is 0.0964. The number of nitrogens with zero attached hydrogens (tertiary/aromatic N) is 5. The number of hydrogen-bond acceptors (Lipinski definition) is 13. The van der Waals surface area contributed by atoms with Crippen molar-refractivity contribution in [2.24, 2.45) is 11.3 Å². The Morgan fingerprint density at radius 1 is 1.04 bits per heavy atom. The zero-order valence-corrected chi connectivity index (χ0v) is 30.7. The average molecular weight is 736 g/mol. The van der Waals surface area contributed by atoms with Crippen LogP contribution in [0, 0.1) is 22.6 Å². The minimum atomic E-state index is -0.906. The molecule has 0 aliphatic heterocycles. The van der Waals surface area contributed by atoms with Gasteiger partial charge >= 0.3 is 18.1 Å². The van der Waals surface area contributed by atoms with Gasteiger partial charge in [0.25, 0.3) is 5.95 Å². The van der Waals surface area contributed by atoms with Crippen LogP contribution in [0.5, 0.6) is 17.5 Å². The maximum absolute atomic E-state index is 16.3. The van der Waals surface area contributed by atoms with Crippen molar-refractivity contribution in [1.82, 2.24) is 30.0 Å². The topological polar surface area (TPSA) is 193 Å². The van der Waals surface area contributed by atoms with E-state index in [0.29, 0.717) is 24.0 Å². The molecule has 4 aromatic rings. The molecule has 53 heavy (non-hydrogen) atoms. The Hall–Kier alpha value is -5.64. The van der Waals surface area contributed by atoms with E-state index >= 15 is 4.39 Å². The van der Waals surface area contributed by atoms with Gasteiger partial charge < -0.3 is 28.8 Å². The first-order valence-corrected chi connectivity index (χ1v) is 17.1. The second-order valence-corrected chi connectivity index (χ2v) is 13.1. The summed E-state index contributed by atoms with van der Waals surface area (Å²) in [6.45, 7) is 8.76. The lowest BCUT2D eigenvalue weighted by atomic mass is 9.90. The molecule has 16 heteroatoms. The molecule has 0 aliphatic carbocycles. The highest BCUT2D eigenvalue weighted by atomic mass is 19.1. The van der Waals surface area contributed by atoms with Crippen molar-refractivity contribution < 1.29 is 42.8 Å². The quantitative estimate of drug-likeness (QED) is 0.0545. The van der Waals surface area contributed by atoms with Gasteiger partial charge in [-0.3, -0.25) is 15.5 Å². The van der Waals surface area contributed by atoms with Crippen molar-refractivity contribution in [1.29, 1.82) is 5.41 Å². The van der Waals surface area contributed by atoms with Crippen molar-refractivity contribution in [2.75, 3.05) is 33.7 Å². The summed E-state index contributed by atoms with van der Waals surface area (Å²) in [5.74, 6) is -2.18. The van der Waals surface area contributed by atoms with Crippen molar-refractivity contribution in [3.8, 4) is 23.5 Å². The summed E-state index contributed by atoms with van der Waals surface area (Å²) in [7, 11) is 1.43. The number of nitrogens with one attached hydrogen (secondary N) is 2. The molecule has 0 spiro atoms. The number of benzene rings is 2. The van der Waals surface area contributed by atoms with Gasteiger partial charge in [0.2, 0.25) is 6.79 Å². The summed E-state index contributed by atoms with van der Waals surface area (Å²) in [6, 6.07) is 11.1. The first kappa shape index (κ1) is 40.1. The van der Waals surface area contributed by atoms with E-state index in [1.807, 2.05) is 34.6 Å². The smallest absolute Gasteiger partial charge is 0.412 e. The third kappa shape index (κ3) is 11.2. The lowest BCUT2D eigenvalue weighted by Crippen LogP contribution is -2.33. The van der Waals surface area contributed by atoms with Crippen LogP contribution in [0.1, 0.15) is 75.9 Å². The molecule has 4 rings (SSSR count). The van der Waals surface area contributed by atoms with E-state index in [0.717, 1.165) is 0 Å². The number of amidine groups is 1. The fraction of sp³-hybridized carbons (Fsp3) is 0.432. The second kappa shape index (κ2) is 18.7. The van der Waals surface area contributed by atoms with Crippen LogP contribution in [0.2, 0.25) is 0 Å². The van der Waals surface area contributed by atoms with Crippen LogP contribution in [0.25, 0.3) is 5.95 Å². The second-order valence-electron chi connectivity index (χ2n) is 13.1. The van der Waals surface area contributed by atoms with Crippen LogP contribution < -0.4 is 19.5 Å². The van der Waals surface area contributed by atoms with Gasteiger partial charge in [-0.15, -0.1) is 9.78 Å². The summed E-state index contributed by atoms with van der Waals surface area (Å²) < 4.78 is 44.9. The molecule has 2 heterocycles. The Kier molecular flexibility index (Phi) is 14.2. The number of aliphatic hydroxyl groups excluding tert-OH is 1. The normalized spacial score (nSPS) is 11.9. The number of hydrogen-bond donors (Lipinski definition) is 3. The summed E-state index contributed by atoms with van der Waals surface area (Å²) in [4.78, 5) is 38.0. The number of methoxy groups -OCH3 is 1. The van der Waals surface area contributed by atoms with E-state index in [1.54, 1.807) is 30.3 Å². The van der Waals surface area contributed by atoms with E-state index in [1.165, 1.54) is 36.3 Å². The Morgan fingerprint density at radius 3 is 2.36 bits per heavy atom. The molecule has 0 fully saturated rings. The summed E-state index contributed by atoms with van der Waals surface area (Å²) in [6.07, 6.45) is 3.60. The number of aromatic nitrogens is 5. The third-order valence-corrected chi connectivity index (χ3v) is 7.90. The maximum atomic E-state index is 16.3. The lowest BCUT2D eigenvalue weighted by molar-refractivity contribution is -0.155. The maximum Gasteiger partial charge on any atom is 0.412 e. The first-order chi connectivity index (χ1) is 25.4. The predicted molar refractivity (Wildman–Crippen MR) is 191 cm³/mol.